The van der Waals surface area contributed by atoms with Gasteiger partial charge >= 0.3 is 0 Å². The lowest BCUT2D eigenvalue weighted by Gasteiger charge is -2.11. The lowest BCUT2D eigenvalue weighted by atomic mass is 10.1. The van der Waals surface area contributed by atoms with E-state index in [4.69, 9.17) is 14.1 Å². The lowest BCUT2D eigenvalue weighted by Crippen LogP contribution is -2.04. The molecule has 0 bridgehead atoms. The minimum Gasteiger partial charge on any atom is -0.493 e. The van der Waals surface area contributed by atoms with E-state index in [0.717, 1.165) is 47.8 Å². The maximum Gasteiger partial charge on any atom is 0.177 e. The first-order valence-electron chi connectivity index (χ1n) is 9.41. The first-order chi connectivity index (χ1) is 13.2. The number of furan rings is 1. The fourth-order valence-electron chi connectivity index (χ4n) is 3.31. The van der Waals surface area contributed by atoms with Gasteiger partial charge in [-0.05, 0) is 68.1 Å². The van der Waals surface area contributed by atoms with Crippen molar-refractivity contribution in [2.24, 2.45) is 0 Å². The zero-order valence-corrected chi connectivity index (χ0v) is 15.8. The minimum absolute atomic E-state index is 0.715. The van der Waals surface area contributed by atoms with Crippen LogP contribution < -0.4 is 4.74 Å². The number of para-hydroxylation sites is 2. The Morgan fingerprint density at radius 1 is 1.00 bits per heavy atom. The van der Waals surface area contributed by atoms with Gasteiger partial charge in [-0.1, -0.05) is 24.3 Å². The Morgan fingerprint density at radius 2 is 1.89 bits per heavy atom. The molecule has 0 aliphatic rings. The standard InChI is InChI=1S/C23H24N2O2/c1-17-11-12-18(2)22(16-17)27-14-6-5-13-25-20-9-4-3-8-19(20)24-23(25)21-10-7-15-26-21/h3-4,7-12,15-16H,5-6,13-14H2,1-2H3. The summed E-state index contributed by atoms with van der Waals surface area (Å²) in [6.45, 7) is 5.77. The molecule has 0 amide bonds. The number of aryl methyl sites for hydroxylation is 3. The number of hydrogen-bond acceptors (Lipinski definition) is 3. The molecule has 0 saturated heterocycles. The van der Waals surface area contributed by atoms with Crippen LogP contribution >= 0.6 is 0 Å². The number of ether oxygens (including phenoxy) is 1. The summed E-state index contributed by atoms with van der Waals surface area (Å²) in [5.41, 5.74) is 4.54. The second-order valence-electron chi connectivity index (χ2n) is 6.88. The molecule has 4 aromatic rings. The summed E-state index contributed by atoms with van der Waals surface area (Å²) in [5.74, 6) is 2.67. The molecule has 4 rings (SSSR count). The highest BCUT2D eigenvalue weighted by molar-refractivity contribution is 5.79. The maximum atomic E-state index is 5.98. The second-order valence-corrected chi connectivity index (χ2v) is 6.88. The monoisotopic (exact) mass is 360 g/mol. The van der Waals surface area contributed by atoms with E-state index in [0.29, 0.717) is 6.61 Å². The van der Waals surface area contributed by atoms with Crippen LogP contribution in [0.3, 0.4) is 0 Å². The van der Waals surface area contributed by atoms with Crippen molar-refractivity contribution in [1.29, 1.82) is 0 Å². The van der Waals surface area contributed by atoms with Crippen LogP contribution in [0.4, 0.5) is 0 Å². The summed E-state index contributed by atoms with van der Waals surface area (Å²) in [6.07, 6.45) is 3.69. The molecule has 27 heavy (non-hydrogen) atoms. The summed E-state index contributed by atoms with van der Waals surface area (Å²) in [7, 11) is 0. The molecule has 0 fully saturated rings. The van der Waals surface area contributed by atoms with Crippen molar-refractivity contribution in [3.8, 4) is 17.3 Å². The van der Waals surface area contributed by atoms with E-state index in [1.807, 2.05) is 24.3 Å². The molecule has 2 heterocycles. The summed E-state index contributed by atoms with van der Waals surface area (Å²) < 4.78 is 13.8. The quantitative estimate of drug-likeness (QED) is 0.393. The molecular weight excluding hydrogens is 336 g/mol. The largest absolute Gasteiger partial charge is 0.493 e. The van der Waals surface area contributed by atoms with Gasteiger partial charge in [0.25, 0.3) is 0 Å². The number of rotatable bonds is 7. The molecule has 4 nitrogen and oxygen atoms in total. The molecule has 0 spiro atoms. The summed E-state index contributed by atoms with van der Waals surface area (Å²) >= 11 is 0. The topological polar surface area (TPSA) is 40.2 Å². The van der Waals surface area contributed by atoms with Crippen molar-refractivity contribution in [2.45, 2.75) is 33.2 Å². The van der Waals surface area contributed by atoms with Gasteiger partial charge in [0.15, 0.2) is 11.6 Å². The van der Waals surface area contributed by atoms with E-state index in [-0.39, 0.29) is 0 Å². The summed E-state index contributed by atoms with van der Waals surface area (Å²) in [5, 5.41) is 0. The predicted octanol–water partition coefficient (Wildman–Crippen LogP) is 5.77. The number of benzene rings is 2. The van der Waals surface area contributed by atoms with Gasteiger partial charge in [-0.15, -0.1) is 0 Å². The molecule has 0 saturated carbocycles. The molecule has 0 unspecified atom stereocenters. The highest BCUT2D eigenvalue weighted by atomic mass is 16.5. The van der Waals surface area contributed by atoms with Crippen molar-refractivity contribution < 1.29 is 9.15 Å². The lowest BCUT2D eigenvalue weighted by molar-refractivity contribution is 0.301. The number of nitrogens with zero attached hydrogens (tertiary/aromatic N) is 2. The summed E-state index contributed by atoms with van der Waals surface area (Å²) in [4.78, 5) is 4.76. The smallest absolute Gasteiger partial charge is 0.177 e. The van der Waals surface area contributed by atoms with E-state index in [1.165, 1.54) is 11.1 Å². The molecule has 0 aliphatic heterocycles. The Balaban J connectivity index is 1.43. The van der Waals surface area contributed by atoms with Gasteiger partial charge in [0.2, 0.25) is 0 Å². The molecule has 138 valence electrons. The second kappa shape index (κ2) is 7.70. The van der Waals surface area contributed by atoms with Crippen LogP contribution in [-0.2, 0) is 6.54 Å². The van der Waals surface area contributed by atoms with E-state index in [9.17, 15) is 0 Å². The number of hydrogen-bond donors (Lipinski definition) is 0. The average Bonchev–Trinajstić information content (AvgIpc) is 3.32. The van der Waals surface area contributed by atoms with E-state index < -0.39 is 0 Å². The van der Waals surface area contributed by atoms with E-state index in [1.54, 1.807) is 6.26 Å². The highest BCUT2D eigenvalue weighted by Crippen LogP contribution is 2.26. The Hall–Kier alpha value is -3.01. The number of fused-ring (bicyclic) bond motifs is 1. The van der Waals surface area contributed by atoms with Crippen molar-refractivity contribution in [3.63, 3.8) is 0 Å². The van der Waals surface area contributed by atoms with Gasteiger partial charge in [-0.25, -0.2) is 4.98 Å². The van der Waals surface area contributed by atoms with Crippen molar-refractivity contribution in [1.82, 2.24) is 9.55 Å². The third-order valence-electron chi connectivity index (χ3n) is 4.77. The van der Waals surface area contributed by atoms with Gasteiger partial charge in [-0.2, -0.15) is 0 Å². The average molecular weight is 360 g/mol. The zero-order valence-electron chi connectivity index (χ0n) is 15.8. The molecule has 4 heteroatoms. The SMILES string of the molecule is Cc1ccc(C)c(OCCCCn2c(-c3ccco3)nc3ccccc32)c1. The van der Waals surface area contributed by atoms with Crippen LogP contribution in [0.5, 0.6) is 5.75 Å². The van der Waals surface area contributed by atoms with Gasteiger partial charge in [0.1, 0.15) is 5.75 Å². The van der Waals surface area contributed by atoms with Gasteiger partial charge < -0.3 is 13.7 Å². The van der Waals surface area contributed by atoms with Crippen molar-refractivity contribution >= 4 is 11.0 Å². The van der Waals surface area contributed by atoms with Gasteiger partial charge in [-0.3, -0.25) is 0 Å². The van der Waals surface area contributed by atoms with Gasteiger partial charge in [0.05, 0.1) is 23.9 Å². The molecule has 2 aromatic heterocycles. The van der Waals surface area contributed by atoms with E-state index >= 15 is 0 Å². The third-order valence-corrected chi connectivity index (χ3v) is 4.77. The Labute approximate surface area is 159 Å². The van der Waals surface area contributed by atoms with Gasteiger partial charge in [0, 0.05) is 6.54 Å². The molecule has 0 radical (unpaired) electrons. The Bertz CT molecular complexity index is 1030. The van der Waals surface area contributed by atoms with Crippen LogP contribution in [0.25, 0.3) is 22.6 Å². The summed E-state index contributed by atoms with van der Waals surface area (Å²) in [6, 6.07) is 18.4. The third kappa shape index (κ3) is 3.75. The number of unbranched alkanes of at least 4 members (excludes halogenated alkanes) is 1. The molecule has 0 N–H and O–H groups in total. The first-order valence-corrected chi connectivity index (χ1v) is 9.41. The van der Waals surface area contributed by atoms with Crippen molar-refractivity contribution in [3.05, 3.63) is 72.0 Å². The number of aromatic nitrogens is 2. The molecule has 2 aromatic carbocycles. The Morgan fingerprint density at radius 3 is 2.74 bits per heavy atom. The minimum atomic E-state index is 0.715. The van der Waals surface area contributed by atoms with Crippen LogP contribution in [0.2, 0.25) is 0 Å². The van der Waals surface area contributed by atoms with Crippen molar-refractivity contribution in [2.75, 3.05) is 6.61 Å². The molecule has 0 atom stereocenters. The maximum absolute atomic E-state index is 5.98. The highest BCUT2D eigenvalue weighted by Gasteiger charge is 2.14. The zero-order chi connectivity index (χ0) is 18.6. The fourth-order valence-corrected chi connectivity index (χ4v) is 3.31. The van der Waals surface area contributed by atoms with Crippen LogP contribution in [0, 0.1) is 13.8 Å². The molecule has 0 aliphatic carbocycles. The molecular formula is C23H24N2O2. The Kier molecular flexibility index (Phi) is 4.97. The first kappa shape index (κ1) is 17.4. The normalized spacial score (nSPS) is 11.2. The predicted molar refractivity (Wildman–Crippen MR) is 108 cm³/mol. The van der Waals surface area contributed by atoms with E-state index in [2.05, 4.69) is 48.7 Å². The fraction of sp³-hybridized carbons (Fsp3) is 0.261. The van der Waals surface area contributed by atoms with Crippen LogP contribution in [0.15, 0.2) is 65.3 Å². The van der Waals surface area contributed by atoms with Crippen LogP contribution in [-0.4, -0.2) is 16.2 Å². The number of imidazole rings is 1. The van der Waals surface area contributed by atoms with Crippen LogP contribution in [0.1, 0.15) is 24.0 Å².